The Balaban J connectivity index is 2.01. The van der Waals surface area contributed by atoms with E-state index < -0.39 is 0 Å². The molecule has 2 rings (SSSR count). The summed E-state index contributed by atoms with van der Waals surface area (Å²) in [6, 6.07) is 8.52. The lowest BCUT2D eigenvalue weighted by Gasteiger charge is -2.44. The third-order valence-electron chi connectivity index (χ3n) is 2.71. The Bertz CT molecular complexity index is 319. The minimum absolute atomic E-state index is 0.362. The molecule has 1 aromatic carbocycles. The van der Waals surface area contributed by atoms with Crippen molar-refractivity contribution in [3.63, 3.8) is 0 Å². The van der Waals surface area contributed by atoms with Gasteiger partial charge in [0.1, 0.15) is 0 Å². The van der Waals surface area contributed by atoms with Crippen LogP contribution in [0.25, 0.3) is 0 Å². The van der Waals surface area contributed by atoms with Crippen LogP contribution in [-0.2, 0) is 0 Å². The van der Waals surface area contributed by atoms with E-state index in [2.05, 4.69) is 19.2 Å². The average molecular weight is 208 g/mol. The summed E-state index contributed by atoms with van der Waals surface area (Å²) in [5, 5.41) is 3.52. The third kappa shape index (κ3) is 1.82. The van der Waals surface area contributed by atoms with Crippen LogP contribution < -0.4 is 11.1 Å². The van der Waals surface area contributed by atoms with Crippen molar-refractivity contribution in [3.05, 3.63) is 24.3 Å². The quantitative estimate of drug-likeness (QED) is 0.734. The van der Waals surface area contributed by atoms with Crippen molar-refractivity contribution < 1.29 is 0 Å². The molecule has 2 nitrogen and oxygen atoms in total. The summed E-state index contributed by atoms with van der Waals surface area (Å²) in [6.07, 6.45) is 0. The molecule has 3 N–H and O–H groups in total. The molecule has 1 aliphatic heterocycles. The maximum atomic E-state index is 5.63. The van der Waals surface area contributed by atoms with Crippen molar-refractivity contribution in [2.24, 2.45) is 0 Å². The minimum atomic E-state index is 0.362. The van der Waals surface area contributed by atoms with Crippen LogP contribution in [-0.4, -0.2) is 16.5 Å². The molecule has 1 unspecified atom stereocenters. The van der Waals surface area contributed by atoms with E-state index >= 15 is 0 Å². The molecule has 0 bridgehead atoms. The lowest BCUT2D eigenvalue weighted by molar-refractivity contribution is 0.576. The van der Waals surface area contributed by atoms with Crippen molar-refractivity contribution in [1.29, 1.82) is 0 Å². The van der Waals surface area contributed by atoms with Gasteiger partial charge in [0.15, 0.2) is 0 Å². The smallest absolute Gasteiger partial charge is 0.0493 e. The number of thioether (sulfide) groups is 1. The summed E-state index contributed by atoms with van der Waals surface area (Å²) in [7, 11) is 0. The fraction of sp³-hybridized carbons (Fsp3) is 0.455. The summed E-state index contributed by atoms with van der Waals surface area (Å²) in [4.78, 5) is 0. The van der Waals surface area contributed by atoms with Crippen molar-refractivity contribution in [3.8, 4) is 0 Å². The second-order valence-corrected chi connectivity index (χ2v) is 5.91. The summed E-state index contributed by atoms with van der Waals surface area (Å²) in [5.41, 5.74) is 7.61. The zero-order valence-electron chi connectivity index (χ0n) is 8.58. The fourth-order valence-electron chi connectivity index (χ4n) is 1.50. The highest BCUT2D eigenvalue weighted by Crippen LogP contribution is 2.41. The topological polar surface area (TPSA) is 38.0 Å². The number of anilines is 2. The molecule has 1 saturated heterocycles. The molecule has 0 saturated carbocycles. The van der Waals surface area contributed by atoms with Crippen LogP contribution in [0.5, 0.6) is 0 Å². The first-order chi connectivity index (χ1) is 6.58. The van der Waals surface area contributed by atoms with Gasteiger partial charge in [-0.15, -0.1) is 0 Å². The molecular weight excluding hydrogens is 192 g/mol. The van der Waals surface area contributed by atoms with Gasteiger partial charge in [0.25, 0.3) is 0 Å². The van der Waals surface area contributed by atoms with Gasteiger partial charge in [-0.3, -0.25) is 0 Å². The Morgan fingerprint density at radius 3 is 2.43 bits per heavy atom. The summed E-state index contributed by atoms with van der Waals surface area (Å²) >= 11 is 2.01. The van der Waals surface area contributed by atoms with Crippen molar-refractivity contribution >= 4 is 23.1 Å². The van der Waals surface area contributed by atoms with E-state index in [1.165, 1.54) is 5.75 Å². The highest BCUT2D eigenvalue weighted by Gasteiger charge is 2.39. The van der Waals surface area contributed by atoms with E-state index in [0.29, 0.717) is 10.8 Å². The first kappa shape index (κ1) is 9.71. The summed E-state index contributed by atoms with van der Waals surface area (Å²) < 4.78 is 0.362. The predicted molar refractivity (Wildman–Crippen MR) is 64.8 cm³/mol. The zero-order chi connectivity index (χ0) is 10.2. The number of benzene rings is 1. The molecule has 0 amide bonds. The standard InChI is InChI=1S/C11H16N2S/c1-11(2)10(7-14-11)13-9-5-3-8(12)4-6-9/h3-6,10,13H,7,12H2,1-2H3. The van der Waals surface area contributed by atoms with Crippen molar-refractivity contribution in [2.75, 3.05) is 16.8 Å². The highest BCUT2D eigenvalue weighted by molar-refractivity contribution is 8.02. The molecule has 0 aliphatic carbocycles. The van der Waals surface area contributed by atoms with Gasteiger partial charge in [0, 0.05) is 27.9 Å². The van der Waals surface area contributed by atoms with Crippen LogP contribution >= 0.6 is 11.8 Å². The van der Waals surface area contributed by atoms with Gasteiger partial charge in [-0.1, -0.05) is 0 Å². The number of hydrogen-bond donors (Lipinski definition) is 2. The van der Waals surface area contributed by atoms with E-state index in [4.69, 9.17) is 5.73 Å². The largest absolute Gasteiger partial charge is 0.399 e. The molecule has 1 atom stereocenters. The summed E-state index contributed by atoms with van der Waals surface area (Å²) in [5.74, 6) is 1.19. The van der Waals surface area contributed by atoms with Gasteiger partial charge < -0.3 is 11.1 Å². The van der Waals surface area contributed by atoms with Gasteiger partial charge in [0.05, 0.1) is 0 Å². The second kappa shape index (κ2) is 3.39. The Labute approximate surface area is 89.3 Å². The number of hydrogen-bond acceptors (Lipinski definition) is 3. The molecule has 0 aromatic heterocycles. The molecular formula is C11H16N2S. The fourth-order valence-corrected chi connectivity index (χ4v) is 2.64. The Kier molecular flexibility index (Phi) is 2.35. The van der Waals surface area contributed by atoms with Crippen LogP contribution in [0.15, 0.2) is 24.3 Å². The van der Waals surface area contributed by atoms with Gasteiger partial charge in [-0.05, 0) is 38.1 Å². The predicted octanol–water partition coefficient (Wildman–Crippen LogP) is 2.57. The van der Waals surface area contributed by atoms with Crippen LogP contribution in [0.1, 0.15) is 13.8 Å². The lowest BCUT2D eigenvalue weighted by atomic mass is 10.0. The van der Waals surface area contributed by atoms with Crippen molar-refractivity contribution in [1.82, 2.24) is 0 Å². The number of nitrogens with one attached hydrogen (secondary N) is 1. The lowest BCUT2D eigenvalue weighted by Crippen LogP contribution is -2.50. The first-order valence-corrected chi connectivity index (χ1v) is 5.82. The molecule has 1 aromatic rings. The highest BCUT2D eigenvalue weighted by atomic mass is 32.2. The van der Waals surface area contributed by atoms with Gasteiger partial charge in [-0.25, -0.2) is 0 Å². The number of nitrogens with two attached hydrogens (primary N) is 1. The normalized spacial score (nSPS) is 24.0. The first-order valence-electron chi connectivity index (χ1n) is 4.84. The molecule has 1 fully saturated rings. The van der Waals surface area contributed by atoms with Crippen molar-refractivity contribution in [2.45, 2.75) is 24.6 Å². The van der Waals surface area contributed by atoms with Crippen LogP contribution in [0, 0.1) is 0 Å². The zero-order valence-corrected chi connectivity index (χ0v) is 9.40. The Morgan fingerprint density at radius 2 is 2.00 bits per heavy atom. The third-order valence-corrected chi connectivity index (χ3v) is 4.24. The minimum Gasteiger partial charge on any atom is -0.399 e. The Morgan fingerprint density at radius 1 is 1.36 bits per heavy atom. The summed E-state index contributed by atoms with van der Waals surface area (Å²) in [6.45, 7) is 4.55. The maximum absolute atomic E-state index is 5.63. The molecule has 1 heterocycles. The van der Waals surface area contributed by atoms with Crippen LogP contribution in [0.3, 0.4) is 0 Å². The SMILES string of the molecule is CC1(C)SCC1Nc1ccc(N)cc1. The molecule has 0 spiro atoms. The second-order valence-electron chi connectivity index (χ2n) is 4.23. The maximum Gasteiger partial charge on any atom is 0.0493 e. The van der Waals surface area contributed by atoms with Gasteiger partial charge >= 0.3 is 0 Å². The van der Waals surface area contributed by atoms with Crippen LogP contribution in [0.2, 0.25) is 0 Å². The molecule has 14 heavy (non-hydrogen) atoms. The van der Waals surface area contributed by atoms with E-state index in [1.54, 1.807) is 0 Å². The van der Waals surface area contributed by atoms with Crippen LogP contribution in [0.4, 0.5) is 11.4 Å². The molecule has 1 aliphatic rings. The molecule has 3 heteroatoms. The average Bonchev–Trinajstić information content (AvgIpc) is 2.15. The molecule has 76 valence electrons. The van der Waals surface area contributed by atoms with E-state index in [-0.39, 0.29) is 0 Å². The number of rotatable bonds is 2. The molecule has 0 radical (unpaired) electrons. The number of nitrogen functional groups attached to an aromatic ring is 1. The monoisotopic (exact) mass is 208 g/mol. The van der Waals surface area contributed by atoms with E-state index in [1.807, 2.05) is 36.0 Å². The van der Waals surface area contributed by atoms with Gasteiger partial charge in [0.2, 0.25) is 0 Å². The van der Waals surface area contributed by atoms with Gasteiger partial charge in [-0.2, -0.15) is 11.8 Å². The Hall–Kier alpha value is -0.830. The van der Waals surface area contributed by atoms with E-state index in [9.17, 15) is 0 Å². The van der Waals surface area contributed by atoms with E-state index in [0.717, 1.165) is 11.4 Å².